The van der Waals surface area contributed by atoms with E-state index in [4.69, 9.17) is 18.0 Å². The number of hydrogen-bond donors (Lipinski definition) is 2. The number of aromatic nitrogens is 1. The zero-order valence-corrected chi connectivity index (χ0v) is 12.1. The van der Waals surface area contributed by atoms with Crippen LogP contribution in [-0.4, -0.2) is 15.9 Å². The van der Waals surface area contributed by atoms with E-state index in [9.17, 15) is 4.79 Å². The van der Waals surface area contributed by atoms with Gasteiger partial charge in [-0.3, -0.25) is 9.78 Å². The van der Waals surface area contributed by atoms with Gasteiger partial charge >= 0.3 is 0 Å². The molecule has 3 N–H and O–H groups in total. The van der Waals surface area contributed by atoms with E-state index in [1.54, 1.807) is 12.1 Å². The van der Waals surface area contributed by atoms with Crippen LogP contribution in [0.5, 0.6) is 0 Å². The summed E-state index contributed by atoms with van der Waals surface area (Å²) >= 11 is 4.84. The highest BCUT2D eigenvalue weighted by Crippen LogP contribution is 2.14. The lowest BCUT2D eigenvalue weighted by Gasteiger charge is -2.07. The first-order valence-corrected chi connectivity index (χ1v) is 6.52. The van der Waals surface area contributed by atoms with Crippen LogP contribution in [0.4, 0.5) is 5.69 Å². The molecular formula is C15H15N3OS. The Hall–Kier alpha value is -2.27. The van der Waals surface area contributed by atoms with Crippen molar-refractivity contribution < 1.29 is 4.79 Å². The van der Waals surface area contributed by atoms with Crippen LogP contribution >= 0.6 is 12.2 Å². The molecule has 0 saturated heterocycles. The summed E-state index contributed by atoms with van der Waals surface area (Å²) in [6.07, 6.45) is 1.50. The smallest absolute Gasteiger partial charge is 0.274 e. The number of benzene rings is 1. The van der Waals surface area contributed by atoms with Crippen LogP contribution in [0.25, 0.3) is 0 Å². The third-order valence-electron chi connectivity index (χ3n) is 2.76. The summed E-state index contributed by atoms with van der Waals surface area (Å²) in [5.74, 6) is -0.260. The third kappa shape index (κ3) is 3.39. The van der Waals surface area contributed by atoms with Gasteiger partial charge in [0.25, 0.3) is 5.91 Å². The minimum Gasteiger partial charge on any atom is -0.389 e. The Labute approximate surface area is 123 Å². The van der Waals surface area contributed by atoms with Gasteiger partial charge in [0.15, 0.2) is 0 Å². The highest BCUT2D eigenvalue weighted by atomic mass is 32.1. The first-order chi connectivity index (χ1) is 9.45. The van der Waals surface area contributed by atoms with Gasteiger partial charge in [-0.05, 0) is 49.2 Å². The number of carbonyl (C=O) groups is 1. The van der Waals surface area contributed by atoms with Gasteiger partial charge in [-0.15, -0.1) is 0 Å². The Morgan fingerprint density at radius 1 is 1.20 bits per heavy atom. The molecule has 20 heavy (non-hydrogen) atoms. The number of carbonyl (C=O) groups excluding carboxylic acids is 1. The van der Waals surface area contributed by atoms with E-state index >= 15 is 0 Å². The number of aryl methyl sites for hydroxylation is 2. The number of nitrogens with two attached hydrogens (primary N) is 1. The number of nitrogens with zero attached hydrogens (tertiary/aromatic N) is 1. The minimum atomic E-state index is -0.260. The summed E-state index contributed by atoms with van der Waals surface area (Å²) in [5, 5.41) is 2.82. The monoisotopic (exact) mass is 285 g/mol. The fourth-order valence-corrected chi connectivity index (χ4v) is 2.04. The number of pyridine rings is 1. The SMILES string of the molecule is Cc1cc(C)cc(NC(=O)c2ccc(C(N)=S)cn2)c1. The van der Waals surface area contributed by atoms with Crippen molar-refractivity contribution >= 4 is 28.8 Å². The molecule has 0 fully saturated rings. The fraction of sp³-hybridized carbons (Fsp3) is 0.133. The molecule has 0 bridgehead atoms. The van der Waals surface area contributed by atoms with E-state index in [-0.39, 0.29) is 10.9 Å². The van der Waals surface area contributed by atoms with Crippen molar-refractivity contribution in [2.75, 3.05) is 5.32 Å². The van der Waals surface area contributed by atoms with Crippen LogP contribution in [0.3, 0.4) is 0 Å². The summed E-state index contributed by atoms with van der Waals surface area (Å²) < 4.78 is 0. The topological polar surface area (TPSA) is 68.0 Å². The maximum atomic E-state index is 12.1. The second kappa shape index (κ2) is 5.79. The minimum absolute atomic E-state index is 0.260. The predicted octanol–water partition coefficient (Wildman–Crippen LogP) is 2.58. The predicted molar refractivity (Wildman–Crippen MR) is 84.0 cm³/mol. The largest absolute Gasteiger partial charge is 0.389 e. The van der Waals surface area contributed by atoms with E-state index in [1.807, 2.05) is 32.0 Å². The average molecular weight is 285 g/mol. The van der Waals surface area contributed by atoms with Crippen molar-refractivity contribution in [1.29, 1.82) is 0 Å². The number of nitrogens with one attached hydrogen (secondary N) is 1. The Balaban J connectivity index is 2.17. The maximum absolute atomic E-state index is 12.1. The van der Waals surface area contributed by atoms with E-state index in [0.717, 1.165) is 16.8 Å². The first-order valence-electron chi connectivity index (χ1n) is 6.11. The maximum Gasteiger partial charge on any atom is 0.274 e. The summed E-state index contributed by atoms with van der Waals surface area (Å²) in [4.78, 5) is 16.4. The number of amides is 1. The van der Waals surface area contributed by atoms with Crippen LogP contribution in [-0.2, 0) is 0 Å². The van der Waals surface area contributed by atoms with Gasteiger partial charge in [-0.2, -0.15) is 0 Å². The molecule has 0 aliphatic rings. The van der Waals surface area contributed by atoms with Crippen molar-refractivity contribution in [2.45, 2.75) is 13.8 Å². The van der Waals surface area contributed by atoms with Crippen LogP contribution in [0.1, 0.15) is 27.2 Å². The molecule has 0 aliphatic heterocycles. The second-order valence-electron chi connectivity index (χ2n) is 4.63. The third-order valence-corrected chi connectivity index (χ3v) is 3.00. The molecule has 1 aromatic heterocycles. The van der Waals surface area contributed by atoms with Crippen molar-refractivity contribution in [3.63, 3.8) is 0 Å². The normalized spacial score (nSPS) is 10.1. The standard InChI is InChI=1S/C15H15N3OS/c1-9-5-10(2)7-12(6-9)18-15(19)13-4-3-11(8-17-13)14(16)20/h3-8H,1-2H3,(H2,16,20)(H,18,19). The van der Waals surface area contributed by atoms with Gasteiger partial charge in [0, 0.05) is 17.4 Å². The Morgan fingerprint density at radius 2 is 1.85 bits per heavy atom. The zero-order valence-electron chi connectivity index (χ0n) is 11.3. The van der Waals surface area contributed by atoms with Gasteiger partial charge < -0.3 is 11.1 Å². The molecule has 0 unspecified atom stereocenters. The molecule has 2 aromatic rings. The number of hydrogen-bond acceptors (Lipinski definition) is 3. The summed E-state index contributed by atoms with van der Waals surface area (Å²) in [5.41, 5.74) is 9.40. The van der Waals surface area contributed by atoms with Crippen LogP contribution in [0.2, 0.25) is 0 Å². The molecule has 0 spiro atoms. The van der Waals surface area contributed by atoms with Gasteiger partial charge in [0.1, 0.15) is 10.7 Å². The van der Waals surface area contributed by atoms with Gasteiger partial charge in [-0.1, -0.05) is 18.3 Å². The molecule has 5 heteroatoms. The van der Waals surface area contributed by atoms with E-state index in [2.05, 4.69) is 10.3 Å². The Kier molecular flexibility index (Phi) is 4.10. The van der Waals surface area contributed by atoms with Crippen molar-refractivity contribution in [3.05, 3.63) is 58.9 Å². The van der Waals surface area contributed by atoms with E-state index in [0.29, 0.717) is 11.3 Å². The molecule has 1 amide bonds. The van der Waals surface area contributed by atoms with Gasteiger partial charge in [-0.25, -0.2) is 0 Å². The van der Waals surface area contributed by atoms with Crippen LogP contribution < -0.4 is 11.1 Å². The molecule has 1 heterocycles. The lowest BCUT2D eigenvalue weighted by Crippen LogP contribution is -2.15. The summed E-state index contributed by atoms with van der Waals surface area (Å²) in [7, 11) is 0. The number of thiocarbonyl (C=S) groups is 1. The first kappa shape index (κ1) is 14.1. The molecule has 0 atom stereocenters. The van der Waals surface area contributed by atoms with Gasteiger partial charge in [0.2, 0.25) is 0 Å². The molecule has 0 aliphatic carbocycles. The molecule has 1 aromatic carbocycles. The Bertz CT molecular complexity index is 645. The van der Waals surface area contributed by atoms with Crippen molar-refractivity contribution in [1.82, 2.24) is 4.98 Å². The zero-order chi connectivity index (χ0) is 14.7. The number of anilines is 1. The molecule has 0 radical (unpaired) electrons. The highest BCUT2D eigenvalue weighted by Gasteiger charge is 2.08. The summed E-state index contributed by atoms with van der Waals surface area (Å²) in [6, 6.07) is 9.16. The van der Waals surface area contributed by atoms with E-state index in [1.165, 1.54) is 6.20 Å². The van der Waals surface area contributed by atoms with Crippen molar-refractivity contribution in [2.24, 2.45) is 5.73 Å². The molecular weight excluding hydrogens is 270 g/mol. The Morgan fingerprint density at radius 3 is 2.35 bits per heavy atom. The highest BCUT2D eigenvalue weighted by molar-refractivity contribution is 7.80. The molecule has 0 saturated carbocycles. The molecule has 102 valence electrons. The molecule has 2 rings (SSSR count). The average Bonchev–Trinajstić information content (AvgIpc) is 2.37. The van der Waals surface area contributed by atoms with Gasteiger partial charge in [0.05, 0.1) is 0 Å². The van der Waals surface area contributed by atoms with E-state index < -0.39 is 0 Å². The molecule has 4 nitrogen and oxygen atoms in total. The lowest BCUT2D eigenvalue weighted by molar-refractivity contribution is 0.102. The number of rotatable bonds is 3. The van der Waals surface area contributed by atoms with Crippen LogP contribution in [0.15, 0.2) is 36.5 Å². The quantitative estimate of drug-likeness (QED) is 0.851. The second-order valence-corrected chi connectivity index (χ2v) is 5.07. The fourth-order valence-electron chi connectivity index (χ4n) is 1.92. The van der Waals surface area contributed by atoms with Crippen LogP contribution in [0, 0.1) is 13.8 Å². The summed E-state index contributed by atoms with van der Waals surface area (Å²) in [6.45, 7) is 3.97. The lowest BCUT2D eigenvalue weighted by atomic mass is 10.1. The van der Waals surface area contributed by atoms with Crippen molar-refractivity contribution in [3.8, 4) is 0 Å².